The van der Waals surface area contributed by atoms with Crippen molar-refractivity contribution in [3.8, 4) is 0 Å². The van der Waals surface area contributed by atoms with Gasteiger partial charge in [0.1, 0.15) is 0 Å². The molecule has 1 unspecified atom stereocenters. The second kappa shape index (κ2) is 5.75. The largest absolute Gasteiger partial charge is 0.481 e. The molecule has 0 radical (unpaired) electrons. The summed E-state index contributed by atoms with van der Waals surface area (Å²) in [5.41, 5.74) is 0.673. The Hall–Kier alpha value is -2.04. The smallest absolute Gasteiger partial charge is 0.314 e. The van der Waals surface area contributed by atoms with Gasteiger partial charge in [0, 0.05) is 13.6 Å². The molecule has 2 amide bonds. The van der Waals surface area contributed by atoms with E-state index in [4.69, 9.17) is 5.11 Å². The molecular weight excluding hydrogens is 208 g/mol. The van der Waals surface area contributed by atoms with Gasteiger partial charge in [-0.2, -0.15) is 0 Å². The molecule has 5 nitrogen and oxygen atoms in total. The van der Waals surface area contributed by atoms with Gasteiger partial charge < -0.3 is 15.7 Å². The summed E-state index contributed by atoms with van der Waals surface area (Å²) in [4.78, 5) is 22.0. The number of benzene rings is 1. The zero-order chi connectivity index (χ0) is 12.0. The fraction of sp³-hybridized carbons (Fsp3) is 0.273. The molecule has 1 atom stereocenters. The summed E-state index contributed by atoms with van der Waals surface area (Å²) < 4.78 is 0. The van der Waals surface area contributed by atoms with E-state index < -0.39 is 11.9 Å². The van der Waals surface area contributed by atoms with E-state index in [1.807, 2.05) is 6.07 Å². The molecule has 86 valence electrons. The number of carboxylic acid groups (broad SMARTS) is 1. The van der Waals surface area contributed by atoms with Crippen molar-refractivity contribution >= 4 is 12.0 Å². The van der Waals surface area contributed by atoms with Gasteiger partial charge in [0.2, 0.25) is 0 Å². The molecular formula is C11H14N2O3. The monoisotopic (exact) mass is 222 g/mol. The number of carboxylic acids is 1. The zero-order valence-corrected chi connectivity index (χ0v) is 8.93. The Balaban J connectivity index is 2.69. The van der Waals surface area contributed by atoms with Gasteiger partial charge in [-0.1, -0.05) is 30.3 Å². The highest BCUT2D eigenvalue weighted by molar-refractivity contribution is 5.78. The number of aliphatic carboxylic acids is 1. The van der Waals surface area contributed by atoms with Crippen molar-refractivity contribution in [1.29, 1.82) is 0 Å². The maximum absolute atomic E-state index is 11.0. The second-order valence-corrected chi connectivity index (χ2v) is 3.26. The number of urea groups is 1. The van der Waals surface area contributed by atoms with Crippen LogP contribution < -0.4 is 10.6 Å². The molecule has 5 heteroatoms. The third-order valence-electron chi connectivity index (χ3n) is 2.19. The van der Waals surface area contributed by atoms with Crippen molar-refractivity contribution in [2.75, 3.05) is 13.6 Å². The summed E-state index contributed by atoms with van der Waals surface area (Å²) >= 11 is 0. The molecule has 16 heavy (non-hydrogen) atoms. The highest BCUT2D eigenvalue weighted by atomic mass is 16.4. The van der Waals surface area contributed by atoms with E-state index in [1.54, 1.807) is 24.3 Å². The minimum absolute atomic E-state index is 0.0685. The zero-order valence-electron chi connectivity index (χ0n) is 8.93. The van der Waals surface area contributed by atoms with Crippen LogP contribution in [0.5, 0.6) is 0 Å². The fourth-order valence-corrected chi connectivity index (χ4v) is 1.32. The van der Waals surface area contributed by atoms with Crippen molar-refractivity contribution in [2.24, 2.45) is 0 Å². The first-order valence-electron chi connectivity index (χ1n) is 4.88. The van der Waals surface area contributed by atoms with E-state index in [-0.39, 0.29) is 12.6 Å². The molecule has 0 fully saturated rings. The van der Waals surface area contributed by atoms with Crippen LogP contribution in [0.15, 0.2) is 30.3 Å². The van der Waals surface area contributed by atoms with E-state index in [1.165, 1.54) is 7.05 Å². The van der Waals surface area contributed by atoms with Crippen molar-refractivity contribution in [1.82, 2.24) is 10.6 Å². The first kappa shape index (κ1) is 12.0. The van der Waals surface area contributed by atoms with Crippen molar-refractivity contribution in [3.63, 3.8) is 0 Å². The lowest BCUT2D eigenvalue weighted by atomic mass is 9.99. The van der Waals surface area contributed by atoms with Crippen LogP contribution in [0.2, 0.25) is 0 Å². The lowest BCUT2D eigenvalue weighted by Gasteiger charge is -2.13. The van der Waals surface area contributed by atoms with Gasteiger partial charge in [0.05, 0.1) is 5.92 Å². The second-order valence-electron chi connectivity index (χ2n) is 3.26. The average molecular weight is 222 g/mol. The molecule has 0 aliphatic carbocycles. The summed E-state index contributed by atoms with van der Waals surface area (Å²) in [5, 5.41) is 13.9. The molecule has 1 rings (SSSR count). The molecule has 3 N–H and O–H groups in total. The number of hydrogen-bond acceptors (Lipinski definition) is 2. The maximum Gasteiger partial charge on any atom is 0.314 e. The summed E-state index contributed by atoms with van der Waals surface area (Å²) in [6.45, 7) is 0.0685. The van der Waals surface area contributed by atoms with Crippen LogP contribution >= 0.6 is 0 Å². The molecule has 0 aromatic heterocycles. The Bertz CT molecular complexity index is 365. The molecule has 0 saturated heterocycles. The summed E-state index contributed by atoms with van der Waals surface area (Å²) in [7, 11) is 1.48. The van der Waals surface area contributed by atoms with Gasteiger partial charge in [0.25, 0.3) is 0 Å². The Morgan fingerprint density at radius 2 is 1.94 bits per heavy atom. The average Bonchev–Trinajstić information content (AvgIpc) is 2.30. The lowest BCUT2D eigenvalue weighted by molar-refractivity contribution is -0.138. The summed E-state index contributed by atoms with van der Waals surface area (Å²) in [5.74, 6) is -1.68. The molecule has 0 bridgehead atoms. The van der Waals surface area contributed by atoms with E-state index in [2.05, 4.69) is 10.6 Å². The standard InChI is InChI=1S/C11H14N2O3/c1-12-11(16)13-7-9(10(14)15)8-5-3-2-4-6-8/h2-6,9H,7H2,1H3,(H,14,15)(H2,12,13,16). The predicted molar refractivity (Wildman–Crippen MR) is 59.3 cm³/mol. The maximum atomic E-state index is 11.0. The Labute approximate surface area is 93.5 Å². The molecule has 0 heterocycles. The van der Waals surface area contributed by atoms with Gasteiger partial charge in [-0.25, -0.2) is 4.79 Å². The number of nitrogens with one attached hydrogen (secondary N) is 2. The highest BCUT2D eigenvalue weighted by Crippen LogP contribution is 2.14. The molecule has 0 saturated carbocycles. The Kier molecular flexibility index (Phi) is 4.32. The molecule has 0 aliphatic rings. The Morgan fingerprint density at radius 1 is 1.31 bits per heavy atom. The topological polar surface area (TPSA) is 78.4 Å². The number of hydrogen-bond donors (Lipinski definition) is 3. The molecule has 1 aromatic carbocycles. The third kappa shape index (κ3) is 3.27. The minimum atomic E-state index is -0.956. The van der Waals surface area contributed by atoms with Crippen molar-refractivity contribution in [2.45, 2.75) is 5.92 Å². The van der Waals surface area contributed by atoms with Crippen LogP contribution in [0.25, 0.3) is 0 Å². The Morgan fingerprint density at radius 3 is 2.44 bits per heavy atom. The van der Waals surface area contributed by atoms with E-state index >= 15 is 0 Å². The van der Waals surface area contributed by atoms with Gasteiger partial charge in [-0.3, -0.25) is 4.79 Å². The van der Waals surface area contributed by atoms with Crippen LogP contribution in [-0.4, -0.2) is 30.7 Å². The molecule has 0 aliphatic heterocycles. The van der Waals surface area contributed by atoms with E-state index in [0.29, 0.717) is 5.56 Å². The van der Waals surface area contributed by atoms with Crippen LogP contribution in [-0.2, 0) is 4.79 Å². The predicted octanol–water partition coefficient (Wildman–Crippen LogP) is 0.784. The van der Waals surface area contributed by atoms with E-state index in [0.717, 1.165) is 0 Å². The SMILES string of the molecule is CNC(=O)NCC(C(=O)O)c1ccccc1. The van der Waals surface area contributed by atoms with Crippen molar-refractivity contribution in [3.05, 3.63) is 35.9 Å². The fourth-order valence-electron chi connectivity index (χ4n) is 1.32. The molecule has 1 aromatic rings. The highest BCUT2D eigenvalue weighted by Gasteiger charge is 2.19. The van der Waals surface area contributed by atoms with Crippen molar-refractivity contribution < 1.29 is 14.7 Å². The van der Waals surface area contributed by atoms with E-state index in [9.17, 15) is 9.59 Å². The quantitative estimate of drug-likeness (QED) is 0.704. The number of rotatable bonds is 4. The van der Waals surface area contributed by atoms with Gasteiger partial charge in [-0.15, -0.1) is 0 Å². The molecule has 0 spiro atoms. The summed E-state index contributed by atoms with van der Waals surface area (Å²) in [6.07, 6.45) is 0. The first-order valence-corrected chi connectivity index (χ1v) is 4.88. The third-order valence-corrected chi connectivity index (χ3v) is 2.19. The number of carbonyl (C=O) groups is 2. The first-order chi connectivity index (χ1) is 7.65. The minimum Gasteiger partial charge on any atom is -0.481 e. The normalized spacial score (nSPS) is 11.6. The van der Waals surface area contributed by atoms with Gasteiger partial charge in [-0.05, 0) is 5.56 Å². The number of amides is 2. The van der Waals surface area contributed by atoms with Crippen LogP contribution in [0.3, 0.4) is 0 Å². The lowest BCUT2D eigenvalue weighted by Crippen LogP contribution is -2.37. The van der Waals surface area contributed by atoms with Crippen LogP contribution in [0, 0.1) is 0 Å². The van der Waals surface area contributed by atoms with Crippen LogP contribution in [0.4, 0.5) is 4.79 Å². The van der Waals surface area contributed by atoms with Gasteiger partial charge in [0.15, 0.2) is 0 Å². The van der Waals surface area contributed by atoms with Crippen LogP contribution in [0.1, 0.15) is 11.5 Å². The number of carbonyl (C=O) groups excluding carboxylic acids is 1. The summed E-state index contributed by atoms with van der Waals surface area (Å²) in [6, 6.07) is 8.42. The van der Waals surface area contributed by atoms with Gasteiger partial charge >= 0.3 is 12.0 Å².